The van der Waals surface area contributed by atoms with E-state index in [0.717, 1.165) is 5.57 Å². The molecule has 1 aliphatic carbocycles. The Kier molecular flexibility index (Phi) is 1.66. The molecule has 0 radical (unpaired) electrons. The van der Waals surface area contributed by atoms with E-state index < -0.39 is 11.4 Å². The van der Waals surface area contributed by atoms with Crippen molar-refractivity contribution < 1.29 is 20.1 Å². The lowest BCUT2D eigenvalue weighted by Crippen LogP contribution is -2.33. The maximum absolute atomic E-state index is 9.82. The van der Waals surface area contributed by atoms with Crippen LogP contribution in [0.25, 0.3) is 0 Å². The zero-order chi connectivity index (χ0) is 9.69. The molecule has 4 heteroatoms. The van der Waals surface area contributed by atoms with Gasteiger partial charge in [-0.15, -0.1) is 0 Å². The minimum absolute atomic E-state index is 0.260. The Labute approximate surface area is 75.8 Å². The molecule has 1 saturated heterocycles. The molecule has 1 aliphatic heterocycles. The van der Waals surface area contributed by atoms with Crippen LogP contribution in [-0.2, 0) is 4.74 Å². The number of hydrogen-bond acceptors (Lipinski definition) is 4. The summed E-state index contributed by atoms with van der Waals surface area (Å²) in [5.41, 5.74) is 0.269. The van der Waals surface area contributed by atoms with Gasteiger partial charge in [0, 0.05) is 5.57 Å². The largest absolute Gasteiger partial charge is 0.393 e. The SMILES string of the molecule is CC1=CC2(CO)OC2(O)C(CO)=C1. The van der Waals surface area contributed by atoms with E-state index in [0.29, 0.717) is 5.57 Å². The van der Waals surface area contributed by atoms with Crippen LogP contribution < -0.4 is 0 Å². The van der Waals surface area contributed by atoms with Gasteiger partial charge in [-0.25, -0.2) is 0 Å². The average Bonchev–Trinajstić information content (AvgIpc) is 2.71. The van der Waals surface area contributed by atoms with Crippen LogP contribution in [0.5, 0.6) is 0 Å². The first-order valence-corrected chi connectivity index (χ1v) is 4.13. The van der Waals surface area contributed by atoms with Gasteiger partial charge in [0.25, 0.3) is 0 Å². The molecule has 2 unspecified atom stereocenters. The molecule has 3 N–H and O–H groups in total. The Morgan fingerprint density at radius 1 is 1.46 bits per heavy atom. The molecule has 1 fully saturated rings. The number of fused-ring (bicyclic) bond motifs is 1. The third-order valence-corrected chi connectivity index (χ3v) is 2.56. The maximum atomic E-state index is 9.82. The molecule has 0 aromatic carbocycles. The van der Waals surface area contributed by atoms with Crippen LogP contribution in [0, 0.1) is 0 Å². The summed E-state index contributed by atoms with van der Waals surface area (Å²) in [6.07, 6.45) is 3.34. The second kappa shape index (κ2) is 2.42. The van der Waals surface area contributed by atoms with E-state index in [1.54, 1.807) is 12.2 Å². The fourth-order valence-electron chi connectivity index (χ4n) is 1.82. The van der Waals surface area contributed by atoms with Crippen LogP contribution in [0.3, 0.4) is 0 Å². The van der Waals surface area contributed by atoms with Gasteiger partial charge in [0.2, 0.25) is 5.79 Å². The van der Waals surface area contributed by atoms with Crippen molar-refractivity contribution in [1.29, 1.82) is 0 Å². The van der Waals surface area contributed by atoms with Gasteiger partial charge < -0.3 is 20.1 Å². The van der Waals surface area contributed by atoms with Gasteiger partial charge in [0.05, 0.1) is 13.2 Å². The molecule has 4 nitrogen and oxygen atoms in total. The first-order valence-electron chi connectivity index (χ1n) is 4.13. The van der Waals surface area contributed by atoms with E-state index >= 15 is 0 Å². The zero-order valence-corrected chi connectivity index (χ0v) is 7.32. The minimum atomic E-state index is -1.48. The Bertz CT molecular complexity index is 307. The molecule has 13 heavy (non-hydrogen) atoms. The van der Waals surface area contributed by atoms with Gasteiger partial charge in [0.15, 0.2) is 5.60 Å². The molecule has 0 aromatic rings. The summed E-state index contributed by atoms with van der Waals surface area (Å²) in [5, 5.41) is 27.8. The van der Waals surface area contributed by atoms with Crippen LogP contribution in [0.2, 0.25) is 0 Å². The molecule has 2 rings (SSSR count). The van der Waals surface area contributed by atoms with Crippen molar-refractivity contribution in [3.05, 3.63) is 23.3 Å². The molecule has 1 heterocycles. The maximum Gasteiger partial charge on any atom is 0.228 e. The molecular formula is C9H12O4. The summed E-state index contributed by atoms with van der Waals surface area (Å²) < 4.78 is 5.08. The number of ether oxygens (including phenoxy) is 1. The van der Waals surface area contributed by atoms with Gasteiger partial charge >= 0.3 is 0 Å². The summed E-state index contributed by atoms with van der Waals surface area (Å²) in [6, 6.07) is 0. The van der Waals surface area contributed by atoms with Crippen molar-refractivity contribution in [2.75, 3.05) is 13.2 Å². The highest BCUT2D eigenvalue weighted by Gasteiger charge is 2.71. The number of allylic oxidation sites excluding steroid dienone is 2. The summed E-state index contributed by atoms with van der Waals surface area (Å²) in [4.78, 5) is 0. The van der Waals surface area contributed by atoms with Crippen LogP contribution in [0.1, 0.15) is 6.92 Å². The predicted octanol–water partition coefficient (Wildman–Crippen LogP) is -0.685. The summed E-state index contributed by atoms with van der Waals surface area (Å²) in [6.45, 7) is 1.29. The lowest BCUT2D eigenvalue weighted by molar-refractivity contribution is 0.0600. The normalized spacial score (nSPS) is 42.2. The molecule has 2 aliphatic rings. The van der Waals surface area contributed by atoms with Crippen molar-refractivity contribution in [3.8, 4) is 0 Å². The monoisotopic (exact) mass is 184 g/mol. The van der Waals surface area contributed by atoms with Gasteiger partial charge in [-0.2, -0.15) is 0 Å². The molecule has 72 valence electrons. The first-order chi connectivity index (χ1) is 6.08. The zero-order valence-electron chi connectivity index (χ0n) is 7.32. The van der Waals surface area contributed by atoms with E-state index in [9.17, 15) is 5.11 Å². The number of aliphatic hydroxyl groups is 3. The molecule has 0 spiro atoms. The van der Waals surface area contributed by atoms with Crippen molar-refractivity contribution >= 4 is 0 Å². The topological polar surface area (TPSA) is 73.2 Å². The highest BCUT2D eigenvalue weighted by atomic mass is 16.8. The standard InChI is InChI=1S/C9H12O4/c1-6-2-7(4-10)9(12)8(3-6,5-11)13-9/h2-3,10-12H,4-5H2,1H3. The highest BCUT2D eigenvalue weighted by molar-refractivity contribution is 5.45. The van der Waals surface area contributed by atoms with E-state index in [2.05, 4.69) is 0 Å². The number of epoxide rings is 1. The quantitative estimate of drug-likeness (QED) is 0.497. The molecule has 0 saturated carbocycles. The third kappa shape index (κ3) is 0.941. The van der Waals surface area contributed by atoms with Gasteiger partial charge in [-0.05, 0) is 13.0 Å². The van der Waals surface area contributed by atoms with E-state index in [-0.39, 0.29) is 13.2 Å². The number of rotatable bonds is 2. The minimum Gasteiger partial charge on any atom is -0.393 e. The Morgan fingerprint density at radius 3 is 2.69 bits per heavy atom. The van der Waals surface area contributed by atoms with Crippen molar-refractivity contribution in [2.24, 2.45) is 0 Å². The third-order valence-electron chi connectivity index (χ3n) is 2.56. The van der Waals surface area contributed by atoms with Crippen molar-refractivity contribution in [2.45, 2.75) is 18.3 Å². The molecule has 0 amide bonds. The van der Waals surface area contributed by atoms with Crippen LogP contribution in [0.15, 0.2) is 23.3 Å². The summed E-state index contributed by atoms with van der Waals surface area (Å²) in [5.74, 6) is -1.48. The summed E-state index contributed by atoms with van der Waals surface area (Å²) in [7, 11) is 0. The fraction of sp³-hybridized carbons (Fsp3) is 0.556. The van der Waals surface area contributed by atoms with Crippen molar-refractivity contribution in [3.63, 3.8) is 0 Å². The summed E-state index contributed by atoms with van der Waals surface area (Å²) >= 11 is 0. The Hall–Kier alpha value is -0.680. The van der Waals surface area contributed by atoms with E-state index in [1.807, 2.05) is 6.92 Å². The second-order valence-corrected chi connectivity index (χ2v) is 3.51. The molecular weight excluding hydrogens is 172 g/mol. The van der Waals surface area contributed by atoms with E-state index in [1.165, 1.54) is 0 Å². The lowest BCUT2D eigenvalue weighted by atomic mass is 9.89. The molecule has 0 aromatic heterocycles. The molecule has 2 atom stereocenters. The van der Waals surface area contributed by atoms with Gasteiger partial charge in [-0.3, -0.25) is 0 Å². The Balaban J connectivity index is 2.40. The van der Waals surface area contributed by atoms with Gasteiger partial charge in [-0.1, -0.05) is 11.6 Å². The van der Waals surface area contributed by atoms with Crippen LogP contribution >= 0.6 is 0 Å². The van der Waals surface area contributed by atoms with Crippen LogP contribution in [0.4, 0.5) is 0 Å². The first kappa shape index (κ1) is 8.90. The Morgan fingerprint density at radius 2 is 2.15 bits per heavy atom. The van der Waals surface area contributed by atoms with Gasteiger partial charge in [0.1, 0.15) is 0 Å². The predicted molar refractivity (Wildman–Crippen MR) is 44.8 cm³/mol. The average molecular weight is 184 g/mol. The lowest BCUT2D eigenvalue weighted by Gasteiger charge is -2.17. The smallest absolute Gasteiger partial charge is 0.228 e. The molecule has 0 bridgehead atoms. The number of hydrogen-bond donors (Lipinski definition) is 3. The van der Waals surface area contributed by atoms with Crippen LogP contribution in [-0.4, -0.2) is 39.9 Å². The van der Waals surface area contributed by atoms with Crippen molar-refractivity contribution in [1.82, 2.24) is 0 Å². The fourth-order valence-corrected chi connectivity index (χ4v) is 1.82. The number of aliphatic hydroxyl groups excluding tert-OH is 2. The van der Waals surface area contributed by atoms with E-state index in [4.69, 9.17) is 14.9 Å². The highest BCUT2D eigenvalue weighted by Crippen LogP contribution is 2.54. The second-order valence-electron chi connectivity index (χ2n) is 3.51.